The van der Waals surface area contributed by atoms with Gasteiger partial charge in [-0.25, -0.2) is 5.32 Å². The molecule has 7 heteroatoms. The number of rotatable bonds is 7. The van der Waals surface area contributed by atoms with Crippen LogP contribution in [0.25, 0.3) is 0 Å². The molecule has 0 saturated carbocycles. The van der Waals surface area contributed by atoms with E-state index in [-0.39, 0.29) is 6.42 Å². The van der Waals surface area contributed by atoms with Gasteiger partial charge in [0.1, 0.15) is 0 Å². The zero-order chi connectivity index (χ0) is 12.9. The van der Waals surface area contributed by atoms with Gasteiger partial charge in [-0.05, 0) is 25.8 Å². The fraction of sp³-hybridized carbons (Fsp3) is 0.900. The molecule has 2 atom stereocenters. The van der Waals surface area contributed by atoms with Crippen molar-refractivity contribution in [1.82, 2.24) is 5.32 Å². The molecule has 0 aromatic carbocycles. The van der Waals surface area contributed by atoms with Gasteiger partial charge >= 0.3 is 5.66 Å². The molecule has 0 radical (unpaired) electrons. The van der Waals surface area contributed by atoms with E-state index in [9.17, 15) is 14.9 Å². The summed E-state index contributed by atoms with van der Waals surface area (Å²) in [6.45, 7) is 1.03. The van der Waals surface area contributed by atoms with Crippen LogP contribution in [-0.4, -0.2) is 35.5 Å². The minimum Gasteiger partial charge on any atom is -0.330 e. The Morgan fingerprint density at radius 1 is 1.53 bits per heavy atom. The molecule has 1 aliphatic heterocycles. The number of nitrogens with one attached hydrogen (secondary N) is 1. The van der Waals surface area contributed by atoms with Crippen LogP contribution in [0.3, 0.4) is 0 Å². The molecule has 0 spiro atoms. The van der Waals surface area contributed by atoms with Gasteiger partial charge in [-0.2, -0.15) is 0 Å². The zero-order valence-corrected chi connectivity index (χ0v) is 9.85. The third-order valence-electron chi connectivity index (χ3n) is 3.16. The first kappa shape index (κ1) is 14.0. The SMILES string of the molecule is NCCCC[C@H](N)C(=O)C1([N+](=O)[O-])CCCN1. The largest absolute Gasteiger partial charge is 0.334 e. The first-order valence-electron chi connectivity index (χ1n) is 5.94. The second-order valence-electron chi connectivity index (χ2n) is 4.40. The van der Waals surface area contributed by atoms with Crippen molar-refractivity contribution in [3.8, 4) is 0 Å². The summed E-state index contributed by atoms with van der Waals surface area (Å²) in [6, 6.07) is -0.780. The highest BCUT2D eigenvalue weighted by Crippen LogP contribution is 2.23. The van der Waals surface area contributed by atoms with Crippen LogP contribution in [0.2, 0.25) is 0 Å². The summed E-state index contributed by atoms with van der Waals surface area (Å²) in [5.74, 6) is -0.503. The van der Waals surface area contributed by atoms with Crippen molar-refractivity contribution in [3.05, 3.63) is 10.1 Å². The molecule has 1 fully saturated rings. The second kappa shape index (κ2) is 6.04. The number of hydrogen-bond donors (Lipinski definition) is 3. The summed E-state index contributed by atoms with van der Waals surface area (Å²) in [4.78, 5) is 22.6. The quantitative estimate of drug-likeness (QED) is 0.311. The van der Waals surface area contributed by atoms with Crippen LogP contribution in [0, 0.1) is 10.1 Å². The number of carbonyl (C=O) groups excluding carboxylic acids is 1. The highest BCUT2D eigenvalue weighted by molar-refractivity contribution is 5.91. The minimum atomic E-state index is -1.65. The van der Waals surface area contributed by atoms with Crippen LogP contribution < -0.4 is 16.8 Å². The fourth-order valence-corrected chi connectivity index (χ4v) is 2.13. The predicted molar refractivity (Wildman–Crippen MR) is 62.8 cm³/mol. The molecule has 0 aromatic heterocycles. The van der Waals surface area contributed by atoms with Crippen LogP contribution in [0.4, 0.5) is 0 Å². The van der Waals surface area contributed by atoms with Gasteiger partial charge in [0, 0.05) is 13.0 Å². The number of unbranched alkanes of at least 4 members (excludes halogenated alkanes) is 1. The second-order valence-corrected chi connectivity index (χ2v) is 4.40. The van der Waals surface area contributed by atoms with Crippen molar-refractivity contribution in [1.29, 1.82) is 0 Å². The third-order valence-corrected chi connectivity index (χ3v) is 3.16. The fourth-order valence-electron chi connectivity index (χ4n) is 2.13. The zero-order valence-electron chi connectivity index (χ0n) is 9.85. The van der Waals surface area contributed by atoms with Crippen molar-refractivity contribution in [2.24, 2.45) is 11.5 Å². The van der Waals surface area contributed by atoms with Crippen molar-refractivity contribution in [3.63, 3.8) is 0 Å². The van der Waals surface area contributed by atoms with Gasteiger partial charge in [0.25, 0.3) is 0 Å². The standard InChI is InChI=1S/C10H20N4O3/c11-6-2-1-4-8(12)9(15)10(14(16)17)5-3-7-13-10/h8,13H,1-7,11-12H2/t8-,10?/m0/s1. The normalized spacial score (nSPS) is 25.8. The molecule has 1 rings (SSSR count). The predicted octanol–water partition coefficient (Wildman–Crippen LogP) is -0.632. The Morgan fingerprint density at radius 3 is 2.71 bits per heavy atom. The molecule has 1 heterocycles. The van der Waals surface area contributed by atoms with Gasteiger partial charge in [0.05, 0.1) is 11.0 Å². The molecular weight excluding hydrogens is 224 g/mol. The summed E-state index contributed by atoms with van der Waals surface area (Å²) < 4.78 is 0. The van der Waals surface area contributed by atoms with E-state index in [2.05, 4.69) is 5.32 Å². The topological polar surface area (TPSA) is 124 Å². The summed E-state index contributed by atoms with van der Waals surface area (Å²) in [6.07, 6.45) is 2.80. The van der Waals surface area contributed by atoms with Crippen LogP contribution >= 0.6 is 0 Å². The Kier molecular flexibility index (Phi) is 4.98. The van der Waals surface area contributed by atoms with Gasteiger partial charge in [0.2, 0.25) is 5.78 Å². The van der Waals surface area contributed by atoms with Gasteiger partial charge < -0.3 is 11.5 Å². The van der Waals surface area contributed by atoms with E-state index in [1.54, 1.807) is 0 Å². The molecule has 0 amide bonds. The average molecular weight is 244 g/mol. The maximum Gasteiger partial charge on any atom is 0.334 e. The molecule has 7 nitrogen and oxygen atoms in total. The lowest BCUT2D eigenvalue weighted by Gasteiger charge is -2.22. The van der Waals surface area contributed by atoms with Crippen molar-refractivity contribution >= 4 is 5.78 Å². The number of nitrogens with zero attached hydrogens (tertiary/aromatic N) is 1. The van der Waals surface area contributed by atoms with Gasteiger partial charge in [-0.3, -0.25) is 14.9 Å². The summed E-state index contributed by atoms with van der Waals surface area (Å²) in [7, 11) is 0. The molecule has 1 aliphatic rings. The molecule has 0 aromatic rings. The number of nitrogens with two attached hydrogens (primary N) is 2. The van der Waals surface area contributed by atoms with Crippen molar-refractivity contribution in [2.75, 3.05) is 13.1 Å². The van der Waals surface area contributed by atoms with Crippen LogP contribution in [0.5, 0.6) is 0 Å². The van der Waals surface area contributed by atoms with E-state index in [1.165, 1.54) is 0 Å². The lowest BCUT2D eigenvalue weighted by Crippen LogP contribution is -2.59. The van der Waals surface area contributed by atoms with Gasteiger partial charge in [0.15, 0.2) is 0 Å². The molecule has 98 valence electrons. The number of hydrogen-bond acceptors (Lipinski definition) is 6. The molecule has 0 bridgehead atoms. The van der Waals surface area contributed by atoms with E-state index >= 15 is 0 Å². The highest BCUT2D eigenvalue weighted by atomic mass is 16.6. The van der Waals surface area contributed by atoms with Crippen LogP contribution in [-0.2, 0) is 4.79 Å². The number of ketones is 1. The van der Waals surface area contributed by atoms with Crippen molar-refractivity contribution in [2.45, 2.75) is 43.8 Å². The molecule has 1 saturated heterocycles. The van der Waals surface area contributed by atoms with Crippen LogP contribution in [0.15, 0.2) is 0 Å². The van der Waals surface area contributed by atoms with Gasteiger partial charge in [-0.1, -0.05) is 6.42 Å². The first-order valence-corrected chi connectivity index (χ1v) is 5.94. The minimum absolute atomic E-state index is 0.226. The lowest BCUT2D eigenvalue weighted by atomic mass is 9.94. The average Bonchev–Trinajstić information content (AvgIpc) is 2.78. The molecule has 1 unspecified atom stereocenters. The summed E-state index contributed by atoms with van der Waals surface area (Å²) in [5, 5.41) is 13.7. The molecule has 17 heavy (non-hydrogen) atoms. The Labute approximate surface area is 100 Å². The van der Waals surface area contributed by atoms with E-state index < -0.39 is 22.4 Å². The lowest BCUT2D eigenvalue weighted by molar-refractivity contribution is -0.556. The summed E-state index contributed by atoms with van der Waals surface area (Å²) in [5.41, 5.74) is 9.42. The highest BCUT2D eigenvalue weighted by Gasteiger charge is 2.54. The Morgan fingerprint density at radius 2 is 2.24 bits per heavy atom. The Balaban J connectivity index is 2.62. The number of Topliss-reactive ketones (excluding diaryl/α,β-unsaturated/α-hetero) is 1. The van der Waals surface area contributed by atoms with Crippen molar-refractivity contribution < 1.29 is 9.72 Å². The van der Waals surface area contributed by atoms with Gasteiger partial charge in [-0.15, -0.1) is 0 Å². The molecular formula is C10H20N4O3. The third kappa shape index (κ3) is 2.99. The smallest absolute Gasteiger partial charge is 0.330 e. The van der Waals surface area contributed by atoms with E-state index in [0.717, 1.165) is 12.8 Å². The van der Waals surface area contributed by atoms with E-state index in [4.69, 9.17) is 11.5 Å². The Bertz CT molecular complexity index is 289. The summed E-state index contributed by atoms with van der Waals surface area (Å²) >= 11 is 0. The first-order chi connectivity index (χ1) is 8.04. The number of nitro groups is 1. The number of carbonyl (C=O) groups is 1. The Hall–Kier alpha value is -1.05. The molecule has 0 aliphatic carbocycles. The van der Waals surface area contributed by atoms with E-state index in [1.807, 2.05) is 0 Å². The molecule has 5 N–H and O–H groups in total. The maximum atomic E-state index is 12.0. The monoisotopic (exact) mass is 244 g/mol. The van der Waals surface area contributed by atoms with Crippen LogP contribution in [0.1, 0.15) is 32.1 Å². The van der Waals surface area contributed by atoms with E-state index in [0.29, 0.717) is 25.9 Å². The maximum absolute atomic E-state index is 12.0.